The smallest absolute Gasteiger partial charge is 0.194 e. The van der Waals surface area contributed by atoms with Gasteiger partial charge in [0, 0.05) is 0 Å². The molecule has 0 fully saturated rings. The Morgan fingerprint density at radius 1 is 1.09 bits per heavy atom. The van der Waals surface area contributed by atoms with Gasteiger partial charge < -0.3 is 4.84 Å². The van der Waals surface area contributed by atoms with Gasteiger partial charge >= 0.3 is 0 Å². The van der Waals surface area contributed by atoms with Crippen LogP contribution >= 0.6 is 0 Å². The topological polar surface area (TPSA) is 39.4 Å². The van der Waals surface area contributed by atoms with Crippen molar-refractivity contribution in [2.75, 3.05) is 0 Å². The summed E-state index contributed by atoms with van der Waals surface area (Å²) in [5.41, 5.74) is 4.33. The lowest BCUT2D eigenvalue weighted by Gasteiger charge is -2.04. The van der Waals surface area contributed by atoms with Crippen molar-refractivity contribution in [3.8, 4) is 0 Å². The molecule has 0 atom stereocenters. The first-order chi connectivity index (χ1) is 10.8. The van der Waals surface area contributed by atoms with E-state index in [9.17, 15) is 0 Å². The fraction of sp³-hybridized carbons (Fsp3) is 0.222. The van der Waals surface area contributed by atoms with Gasteiger partial charge in [0.05, 0.1) is 23.1 Å². The molecule has 0 aliphatic heterocycles. The summed E-state index contributed by atoms with van der Waals surface area (Å²) in [6, 6.07) is 18.4. The zero-order valence-corrected chi connectivity index (χ0v) is 12.6. The molecule has 3 rings (SSSR count). The number of para-hydroxylation sites is 2. The summed E-state index contributed by atoms with van der Waals surface area (Å²) in [6.45, 7) is 2.37. The molecule has 4 heteroatoms. The van der Waals surface area contributed by atoms with Gasteiger partial charge in [-0.3, -0.25) is 4.57 Å². The molecule has 0 saturated carbocycles. The fourth-order valence-electron chi connectivity index (χ4n) is 2.33. The molecule has 0 N–H and O–H groups in total. The molecule has 4 nitrogen and oxygen atoms in total. The number of aryl methyl sites for hydroxylation is 1. The number of nitrogens with zero attached hydrogens (tertiary/aromatic N) is 3. The molecule has 3 aromatic rings. The lowest BCUT2D eigenvalue weighted by Crippen LogP contribution is -2.01. The van der Waals surface area contributed by atoms with Crippen LogP contribution in [-0.4, -0.2) is 15.3 Å². The largest absolute Gasteiger partial charge is 0.374 e. The van der Waals surface area contributed by atoms with Gasteiger partial charge in [-0.1, -0.05) is 47.6 Å². The molecule has 2 aromatic carbocycles. The third-order valence-electron chi connectivity index (χ3n) is 3.56. The lowest BCUT2D eigenvalue weighted by atomic mass is 10.1. The minimum Gasteiger partial charge on any atom is -0.374 e. The van der Waals surface area contributed by atoms with Crippen LogP contribution in [0.15, 0.2) is 66.1 Å². The average Bonchev–Trinajstić information content (AvgIpc) is 2.97. The number of hydrogen-bond donors (Lipinski definition) is 0. The molecule has 0 amide bonds. The van der Waals surface area contributed by atoms with Crippen molar-refractivity contribution in [2.45, 2.75) is 26.5 Å². The molecule has 1 aromatic heterocycles. The Bertz CT molecular complexity index is 762. The average molecular weight is 293 g/mol. The highest BCUT2D eigenvalue weighted by Gasteiger charge is 2.01. The van der Waals surface area contributed by atoms with Gasteiger partial charge in [-0.2, -0.15) is 0 Å². The van der Waals surface area contributed by atoms with Crippen molar-refractivity contribution in [3.05, 3.63) is 66.5 Å². The van der Waals surface area contributed by atoms with E-state index in [2.05, 4.69) is 34.4 Å². The quantitative estimate of drug-likeness (QED) is 0.508. The van der Waals surface area contributed by atoms with E-state index in [4.69, 9.17) is 4.84 Å². The number of rotatable bonds is 6. The van der Waals surface area contributed by atoms with Crippen LogP contribution in [0.5, 0.6) is 0 Å². The monoisotopic (exact) mass is 293 g/mol. The van der Waals surface area contributed by atoms with Crippen LogP contribution in [0.3, 0.4) is 0 Å². The number of aromatic nitrogens is 2. The minimum atomic E-state index is 0.378. The van der Waals surface area contributed by atoms with Crippen molar-refractivity contribution < 1.29 is 4.84 Å². The van der Waals surface area contributed by atoms with Gasteiger partial charge in [-0.05, 0) is 37.5 Å². The second kappa shape index (κ2) is 6.89. The maximum absolute atomic E-state index is 5.45. The third-order valence-corrected chi connectivity index (χ3v) is 3.56. The lowest BCUT2D eigenvalue weighted by molar-refractivity contribution is 0.0859. The van der Waals surface area contributed by atoms with E-state index >= 15 is 0 Å². The Morgan fingerprint density at radius 2 is 1.86 bits per heavy atom. The second-order valence-electron chi connectivity index (χ2n) is 5.27. The molecular weight excluding hydrogens is 274 g/mol. The molecule has 1 heterocycles. The summed E-state index contributed by atoms with van der Waals surface area (Å²) >= 11 is 0. The molecular formula is C18H19N3O. The first-order valence-electron chi connectivity index (χ1n) is 7.42. The van der Waals surface area contributed by atoms with Crippen molar-refractivity contribution in [1.82, 2.24) is 9.55 Å². The molecule has 0 spiro atoms. The minimum absolute atomic E-state index is 0.378. The summed E-state index contributed by atoms with van der Waals surface area (Å²) in [6.07, 6.45) is 3.65. The molecule has 0 radical (unpaired) electrons. The Balaban J connectivity index is 1.53. The first-order valence-corrected chi connectivity index (χ1v) is 7.42. The highest BCUT2D eigenvalue weighted by molar-refractivity contribution is 5.81. The normalized spacial score (nSPS) is 11.8. The molecule has 0 saturated heterocycles. The van der Waals surface area contributed by atoms with Crippen LogP contribution in [0.2, 0.25) is 0 Å². The second-order valence-corrected chi connectivity index (χ2v) is 5.27. The van der Waals surface area contributed by atoms with Crippen LogP contribution in [0, 0.1) is 0 Å². The van der Waals surface area contributed by atoms with E-state index in [1.807, 2.05) is 41.8 Å². The Hall–Kier alpha value is -2.62. The number of imidazole rings is 1. The van der Waals surface area contributed by atoms with Crippen molar-refractivity contribution in [1.29, 1.82) is 0 Å². The van der Waals surface area contributed by atoms with E-state index in [1.54, 1.807) is 6.33 Å². The van der Waals surface area contributed by atoms with Crippen LogP contribution < -0.4 is 0 Å². The maximum Gasteiger partial charge on any atom is 0.194 e. The fourth-order valence-corrected chi connectivity index (χ4v) is 2.33. The zero-order chi connectivity index (χ0) is 15.2. The molecule has 0 aliphatic rings. The Kier molecular flexibility index (Phi) is 4.49. The van der Waals surface area contributed by atoms with Crippen LogP contribution in [0.1, 0.15) is 18.9 Å². The standard InChI is InChI=1S/C18H19N3O/c1-15(11-12-16-7-3-2-4-8-16)20-22-14-21-13-19-17-9-5-6-10-18(17)21/h2-10,13H,11-12,14H2,1H3/b20-15+. The molecule has 0 unspecified atom stereocenters. The predicted octanol–water partition coefficient (Wildman–Crippen LogP) is 4.02. The summed E-state index contributed by atoms with van der Waals surface area (Å²) in [5.74, 6) is 0. The van der Waals surface area contributed by atoms with Crippen molar-refractivity contribution in [3.63, 3.8) is 0 Å². The van der Waals surface area contributed by atoms with Gasteiger partial charge in [-0.15, -0.1) is 0 Å². The van der Waals surface area contributed by atoms with Crippen molar-refractivity contribution in [2.24, 2.45) is 5.16 Å². The van der Waals surface area contributed by atoms with Crippen LogP contribution in [0.4, 0.5) is 0 Å². The van der Waals surface area contributed by atoms with Gasteiger partial charge in [0.15, 0.2) is 6.73 Å². The molecule has 0 bridgehead atoms. The summed E-state index contributed by atoms with van der Waals surface area (Å²) in [5, 5.41) is 4.19. The highest BCUT2D eigenvalue weighted by atomic mass is 16.6. The Morgan fingerprint density at radius 3 is 2.73 bits per heavy atom. The maximum atomic E-state index is 5.45. The zero-order valence-electron chi connectivity index (χ0n) is 12.6. The summed E-state index contributed by atoms with van der Waals surface area (Å²) < 4.78 is 1.95. The highest BCUT2D eigenvalue weighted by Crippen LogP contribution is 2.11. The van der Waals surface area contributed by atoms with Gasteiger partial charge in [0.1, 0.15) is 0 Å². The van der Waals surface area contributed by atoms with Gasteiger partial charge in [0.25, 0.3) is 0 Å². The molecule has 0 aliphatic carbocycles. The van der Waals surface area contributed by atoms with Crippen LogP contribution in [0.25, 0.3) is 11.0 Å². The SMILES string of the molecule is C/C(CCc1ccccc1)=N\OCn1cnc2ccccc21. The molecule has 112 valence electrons. The van der Waals surface area contributed by atoms with Gasteiger partial charge in [-0.25, -0.2) is 4.98 Å². The van der Waals surface area contributed by atoms with Crippen LogP contribution in [-0.2, 0) is 18.0 Å². The Labute approximate surface area is 130 Å². The van der Waals surface area contributed by atoms with Crippen molar-refractivity contribution >= 4 is 16.7 Å². The summed E-state index contributed by atoms with van der Waals surface area (Å²) in [4.78, 5) is 9.77. The first kappa shape index (κ1) is 14.3. The van der Waals surface area contributed by atoms with E-state index in [1.165, 1.54) is 5.56 Å². The van der Waals surface area contributed by atoms with E-state index in [0.717, 1.165) is 29.6 Å². The van der Waals surface area contributed by atoms with E-state index in [0.29, 0.717) is 6.73 Å². The summed E-state index contributed by atoms with van der Waals surface area (Å²) in [7, 11) is 0. The van der Waals surface area contributed by atoms with E-state index < -0.39 is 0 Å². The van der Waals surface area contributed by atoms with Gasteiger partial charge in [0.2, 0.25) is 0 Å². The predicted molar refractivity (Wildman–Crippen MR) is 88.7 cm³/mol. The number of hydrogen-bond acceptors (Lipinski definition) is 3. The van der Waals surface area contributed by atoms with E-state index in [-0.39, 0.29) is 0 Å². The number of fused-ring (bicyclic) bond motifs is 1. The third kappa shape index (κ3) is 3.52. The number of oxime groups is 1. The number of benzene rings is 2. The molecule has 22 heavy (non-hydrogen) atoms.